The lowest BCUT2D eigenvalue weighted by Crippen LogP contribution is -2.45. The number of carbonyl (C=O) groups excluding carboxylic acids is 1. The molecule has 3 atom stereocenters. The largest absolute Gasteiger partial charge is 0.390 e. The number of hydrogen-bond donors (Lipinski definition) is 1. The van der Waals surface area contributed by atoms with Crippen LogP contribution >= 0.6 is 0 Å². The number of likely N-dealkylation sites (tertiary alicyclic amines) is 1. The van der Waals surface area contributed by atoms with Crippen LogP contribution in [-0.4, -0.2) is 44.4 Å². The molecule has 3 fully saturated rings. The maximum atomic E-state index is 13.1. The highest BCUT2D eigenvalue weighted by Crippen LogP contribution is 2.51. The summed E-state index contributed by atoms with van der Waals surface area (Å²) in [5.41, 5.74) is -0.791. The number of aliphatic hydroxyl groups is 1. The van der Waals surface area contributed by atoms with Crippen molar-refractivity contribution in [1.29, 1.82) is 0 Å². The highest BCUT2D eigenvalue weighted by molar-refractivity contribution is 5.85. The molecular formula is C18H27N3O2. The van der Waals surface area contributed by atoms with Gasteiger partial charge in [0.15, 0.2) is 0 Å². The van der Waals surface area contributed by atoms with Crippen LogP contribution in [0.4, 0.5) is 0 Å². The van der Waals surface area contributed by atoms with Gasteiger partial charge in [-0.1, -0.05) is 13.3 Å². The van der Waals surface area contributed by atoms with E-state index in [0.29, 0.717) is 18.4 Å². The molecule has 1 aliphatic heterocycles. The summed E-state index contributed by atoms with van der Waals surface area (Å²) < 4.78 is 1.89. The average Bonchev–Trinajstić information content (AvgIpc) is 2.97. The molecule has 1 aromatic rings. The third kappa shape index (κ3) is 2.49. The molecule has 0 aromatic carbocycles. The lowest BCUT2D eigenvalue weighted by Gasteiger charge is -2.40. The molecular weight excluding hydrogens is 290 g/mol. The van der Waals surface area contributed by atoms with Crippen molar-refractivity contribution in [2.45, 2.75) is 57.6 Å². The van der Waals surface area contributed by atoms with E-state index in [9.17, 15) is 9.90 Å². The first kappa shape index (κ1) is 15.2. The molecule has 1 amide bonds. The fourth-order valence-electron chi connectivity index (χ4n) is 4.86. The van der Waals surface area contributed by atoms with E-state index in [1.807, 2.05) is 16.9 Å². The molecule has 0 radical (unpaired) electrons. The predicted octanol–water partition coefficient (Wildman–Crippen LogP) is 2.06. The molecule has 5 nitrogen and oxygen atoms in total. The highest BCUT2D eigenvalue weighted by atomic mass is 16.3. The van der Waals surface area contributed by atoms with Gasteiger partial charge in [0.1, 0.15) is 0 Å². The van der Waals surface area contributed by atoms with Crippen LogP contribution in [0.2, 0.25) is 0 Å². The molecule has 2 aliphatic carbocycles. The molecule has 0 unspecified atom stereocenters. The summed E-state index contributed by atoms with van der Waals surface area (Å²) in [4.78, 5) is 15.2. The Morgan fingerprint density at radius 3 is 2.83 bits per heavy atom. The molecule has 5 heteroatoms. The topological polar surface area (TPSA) is 58.4 Å². The van der Waals surface area contributed by atoms with Gasteiger partial charge < -0.3 is 10.0 Å². The van der Waals surface area contributed by atoms with Crippen LogP contribution in [-0.2, 0) is 11.3 Å². The van der Waals surface area contributed by atoms with Crippen LogP contribution in [0.3, 0.4) is 0 Å². The summed E-state index contributed by atoms with van der Waals surface area (Å²) in [5, 5.41) is 15.2. The van der Waals surface area contributed by atoms with E-state index in [1.54, 1.807) is 6.20 Å². The van der Waals surface area contributed by atoms with Crippen molar-refractivity contribution in [3.05, 3.63) is 18.5 Å². The lowest BCUT2D eigenvalue weighted by molar-refractivity contribution is -0.137. The summed E-state index contributed by atoms with van der Waals surface area (Å²) in [7, 11) is 0. The molecule has 3 aliphatic rings. The van der Waals surface area contributed by atoms with Crippen LogP contribution in [0.1, 0.15) is 45.4 Å². The predicted molar refractivity (Wildman–Crippen MR) is 86.5 cm³/mol. The molecule has 23 heavy (non-hydrogen) atoms. The molecule has 1 aromatic heterocycles. The summed E-state index contributed by atoms with van der Waals surface area (Å²) in [6.07, 6.45) is 9.58. The van der Waals surface area contributed by atoms with Gasteiger partial charge in [0.2, 0.25) is 5.91 Å². The maximum absolute atomic E-state index is 13.1. The fourth-order valence-corrected chi connectivity index (χ4v) is 4.86. The van der Waals surface area contributed by atoms with Crippen LogP contribution < -0.4 is 0 Å². The van der Waals surface area contributed by atoms with Gasteiger partial charge in [-0.25, -0.2) is 0 Å². The van der Waals surface area contributed by atoms with E-state index >= 15 is 0 Å². The first-order valence-electron chi connectivity index (χ1n) is 9.05. The second-order valence-electron chi connectivity index (χ2n) is 7.91. The van der Waals surface area contributed by atoms with Gasteiger partial charge in [0.05, 0.1) is 17.6 Å². The van der Waals surface area contributed by atoms with Gasteiger partial charge in [-0.2, -0.15) is 5.10 Å². The molecule has 1 saturated heterocycles. The first-order valence-corrected chi connectivity index (χ1v) is 9.05. The summed E-state index contributed by atoms with van der Waals surface area (Å²) >= 11 is 0. The SMILES string of the molecule is CC[C@]1(O)CCC[C@H]2CN(C(=O)C3(Cn4cccn4)CC3)C[C@H]21. The molecule has 126 valence electrons. The number of amides is 1. The van der Waals surface area contributed by atoms with Crippen LogP contribution in [0.25, 0.3) is 0 Å². The van der Waals surface area contributed by atoms with Gasteiger partial charge in [-0.05, 0) is 44.1 Å². The Bertz CT molecular complexity index is 581. The van der Waals surface area contributed by atoms with Gasteiger partial charge in [0.25, 0.3) is 0 Å². The van der Waals surface area contributed by atoms with Crippen LogP contribution in [0.5, 0.6) is 0 Å². The molecule has 4 rings (SSSR count). The van der Waals surface area contributed by atoms with Crippen LogP contribution in [0.15, 0.2) is 18.5 Å². The Morgan fingerprint density at radius 2 is 2.17 bits per heavy atom. The normalized spacial score (nSPS) is 35.1. The van der Waals surface area contributed by atoms with E-state index in [1.165, 1.54) is 0 Å². The van der Waals surface area contributed by atoms with Crippen molar-refractivity contribution in [2.75, 3.05) is 13.1 Å². The minimum absolute atomic E-state index is 0.232. The quantitative estimate of drug-likeness (QED) is 0.925. The zero-order chi connectivity index (χ0) is 16.1. The number of nitrogens with zero attached hydrogens (tertiary/aromatic N) is 3. The summed E-state index contributed by atoms with van der Waals surface area (Å²) in [6.45, 7) is 4.36. The highest BCUT2D eigenvalue weighted by Gasteiger charge is 2.56. The lowest BCUT2D eigenvalue weighted by atomic mass is 9.69. The smallest absolute Gasteiger partial charge is 0.230 e. The Balaban J connectivity index is 1.48. The second-order valence-corrected chi connectivity index (χ2v) is 7.91. The fraction of sp³-hybridized carbons (Fsp3) is 0.778. The minimum Gasteiger partial charge on any atom is -0.390 e. The first-order chi connectivity index (χ1) is 11.1. The second kappa shape index (κ2) is 5.33. The van der Waals surface area contributed by atoms with Gasteiger partial charge in [-0.15, -0.1) is 0 Å². The molecule has 2 heterocycles. The third-order valence-corrected chi connectivity index (χ3v) is 6.55. The van der Waals surface area contributed by atoms with Gasteiger partial charge in [-0.3, -0.25) is 9.48 Å². The van der Waals surface area contributed by atoms with E-state index < -0.39 is 5.60 Å². The van der Waals surface area contributed by atoms with E-state index in [-0.39, 0.29) is 11.3 Å². The number of carbonyl (C=O) groups is 1. The Hall–Kier alpha value is -1.36. The van der Waals surface area contributed by atoms with Gasteiger partial charge >= 0.3 is 0 Å². The Morgan fingerprint density at radius 1 is 1.35 bits per heavy atom. The molecule has 0 spiro atoms. The van der Waals surface area contributed by atoms with Crippen LogP contribution in [0, 0.1) is 17.3 Å². The zero-order valence-corrected chi connectivity index (χ0v) is 13.9. The van der Waals surface area contributed by atoms with Crippen molar-refractivity contribution in [3.8, 4) is 0 Å². The maximum Gasteiger partial charge on any atom is 0.230 e. The molecule has 1 N–H and O–H groups in total. The number of rotatable bonds is 4. The Labute approximate surface area is 137 Å². The van der Waals surface area contributed by atoms with Crippen molar-refractivity contribution in [2.24, 2.45) is 17.3 Å². The van der Waals surface area contributed by atoms with Gasteiger partial charge in [0, 0.05) is 31.4 Å². The number of fused-ring (bicyclic) bond motifs is 1. The Kier molecular flexibility index (Phi) is 3.52. The monoisotopic (exact) mass is 317 g/mol. The number of aromatic nitrogens is 2. The van der Waals surface area contributed by atoms with Crippen molar-refractivity contribution in [1.82, 2.24) is 14.7 Å². The standard InChI is InChI=1S/C18H27N3O2/c1-2-18(23)6-3-5-14-11-20(12-15(14)18)16(22)17(7-8-17)13-21-10-4-9-19-21/h4,9-10,14-15,23H,2-3,5-8,11-13H2,1H3/t14-,15+,18-/m0/s1. The van der Waals surface area contributed by atoms with E-state index in [0.717, 1.165) is 51.6 Å². The summed E-state index contributed by atoms with van der Waals surface area (Å²) in [6, 6.07) is 1.91. The summed E-state index contributed by atoms with van der Waals surface area (Å²) in [5.74, 6) is 1.05. The van der Waals surface area contributed by atoms with Crippen molar-refractivity contribution in [3.63, 3.8) is 0 Å². The van der Waals surface area contributed by atoms with E-state index in [2.05, 4.69) is 16.9 Å². The van der Waals surface area contributed by atoms with Crippen molar-refractivity contribution < 1.29 is 9.90 Å². The number of hydrogen-bond acceptors (Lipinski definition) is 3. The van der Waals surface area contributed by atoms with Crippen molar-refractivity contribution >= 4 is 5.91 Å². The third-order valence-electron chi connectivity index (χ3n) is 6.55. The van der Waals surface area contributed by atoms with E-state index in [4.69, 9.17) is 0 Å². The zero-order valence-electron chi connectivity index (χ0n) is 13.9. The molecule has 2 saturated carbocycles. The molecule has 0 bridgehead atoms. The minimum atomic E-state index is -0.559. The average molecular weight is 317 g/mol.